The molecule has 0 saturated carbocycles. The lowest BCUT2D eigenvalue weighted by Gasteiger charge is -2.28. The Balaban J connectivity index is 0.000000886. The Labute approximate surface area is 228 Å². The summed E-state index contributed by atoms with van der Waals surface area (Å²) in [5, 5.41) is 3.72. The van der Waals surface area contributed by atoms with Crippen LogP contribution in [0, 0.1) is 12.8 Å². The fourth-order valence-corrected chi connectivity index (χ4v) is 5.72. The zero-order chi connectivity index (χ0) is 26.8. The van der Waals surface area contributed by atoms with E-state index in [-0.39, 0.29) is 11.8 Å². The molecule has 0 aliphatic carbocycles. The summed E-state index contributed by atoms with van der Waals surface area (Å²) in [7, 11) is 6.00. The van der Waals surface area contributed by atoms with E-state index >= 15 is 0 Å². The molecule has 9 heteroatoms. The maximum Gasteiger partial charge on any atom is 0.265 e. The third kappa shape index (κ3) is 8.89. The number of anilines is 1. The fourth-order valence-electron chi connectivity index (χ4n) is 3.62. The molecule has 1 amide bonds. The van der Waals surface area contributed by atoms with Gasteiger partial charge in [0.05, 0.1) is 10.6 Å². The van der Waals surface area contributed by atoms with Crippen LogP contribution in [0.15, 0.2) is 58.5 Å². The number of carbonyl (C=O) groups excluding carboxylic acids is 2. The number of nitrogens with zero attached hydrogens (tertiary/aromatic N) is 4. The summed E-state index contributed by atoms with van der Waals surface area (Å²) < 4.78 is 0. The molecule has 1 saturated heterocycles. The van der Waals surface area contributed by atoms with Crippen LogP contribution in [0.25, 0.3) is 11.3 Å². The van der Waals surface area contributed by atoms with Gasteiger partial charge in [-0.3, -0.25) is 19.7 Å². The summed E-state index contributed by atoms with van der Waals surface area (Å²) in [6, 6.07) is 13.6. The normalized spacial score (nSPS) is 14.1. The highest BCUT2D eigenvalue weighted by atomic mass is 32.2. The third-order valence-electron chi connectivity index (χ3n) is 5.62. The fraction of sp³-hybridized carbons (Fsp3) is 0.357. The quantitative estimate of drug-likeness (QED) is 0.221. The van der Waals surface area contributed by atoms with Gasteiger partial charge in [0, 0.05) is 34.1 Å². The number of piperidine rings is 1. The molecule has 7 nitrogen and oxygen atoms in total. The van der Waals surface area contributed by atoms with Crippen LogP contribution in [0.5, 0.6) is 0 Å². The minimum atomic E-state index is -0.162. The van der Waals surface area contributed by atoms with E-state index in [1.54, 1.807) is 11.8 Å². The number of likely N-dealkylation sites (tertiary alicyclic amines) is 1. The number of benzene rings is 1. The molecule has 0 spiro atoms. The number of thioether (sulfide) groups is 1. The van der Waals surface area contributed by atoms with E-state index in [2.05, 4.69) is 26.9 Å². The van der Waals surface area contributed by atoms with Gasteiger partial charge in [-0.05, 0) is 90.5 Å². The molecule has 0 radical (unpaired) electrons. The number of nitrogens with one attached hydrogen (secondary N) is 1. The van der Waals surface area contributed by atoms with Gasteiger partial charge in [0.1, 0.15) is 11.3 Å². The first-order valence-electron chi connectivity index (χ1n) is 12.2. The number of aldehydes is 1. The van der Waals surface area contributed by atoms with Crippen LogP contribution in [0.3, 0.4) is 0 Å². The number of rotatable bonds is 8. The summed E-state index contributed by atoms with van der Waals surface area (Å²) in [6.07, 6.45) is 4.73. The standard InChI is InChI=1S/C25H26N4O2S2.C3H9N/c1-17-3-8-21(27-14-17)19-4-6-20(7-5-19)28-24(31)22-13-23(25(26-2)33-22)32-16-29-11-9-18(15-30)10-12-29;1-4(2)3/h3-8,13-15,18H,2,9-12,16H2,1H3,(H,28,31);1-3H3. The summed E-state index contributed by atoms with van der Waals surface area (Å²) in [5.74, 6) is 0.834. The molecule has 0 unspecified atom stereocenters. The second-order valence-corrected chi connectivity index (χ2v) is 11.4. The summed E-state index contributed by atoms with van der Waals surface area (Å²) >= 11 is 3.00. The van der Waals surface area contributed by atoms with E-state index in [4.69, 9.17) is 0 Å². The van der Waals surface area contributed by atoms with E-state index in [1.807, 2.05) is 81.6 Å². The minimum absolute atomic E-state index is 0.162. The van der Waals surface area contributed by atoms with Crippen molar-refractivity contribution in [2.75, 3.05) is 45.4 Å². The van der Waals surface area contributed by atoms with Crippen molar-refractivity contribution < 1.29 is 9.59 Å². The molecule has 0 bridgehead atoms. The molecule has 3 heterocycles. The lowest BCUT2D eigenvalue weighted by molar-refractivity contribution is -0.112. The lowest BCUT2D eigenvalue weighted by atomic mass is 9.99. The summed E-state index contributed by atoms with van der Waals surface area (Å²) in [6.45, 7) is 7.50. The van der Waals surface area contributed by atoms with Gasteiger partial charge < -0.3 is 15.0 Å². The molecule has 1 fully saturated rings. The highest BCUT2D eigenvalue weighted by Gasteiger charge is 2.20. The predicted octanol–water partition coefficient (Wildman–Crippen LogP) is 5.84. The Bertz CT molecular complexity index is 1170. The SMILES string of the molecule is C=Nc1sc(C(=O)Nc2ccc(-c3ccc(C)cn3)cc2)cc1SCN1CCC(C=O)CC1.CN(C)C. The molecule has 1 aliphatic rings. The van der Waals surface area contributed by atoms with Gasteiger partial charge in [-0.2, -0.15) is 0 Å². The van der Waals surface area contributed by atoms with Gasteiger partial charge in [-0.15, -0.1) is 23.1 Å². The first-order chi connectivity index (χ1) is 17.8. The van der Waals surface area contributed by atoms with Crippen LogP contribution >= 0.6 is 23.1 Å². The van der Waals surface area contributed by atoms with Gasteiger partial charge in [0.15, 0.2) is 0 Å². The smallest absolute Gasteiger partial charge is 0.265 e. The van der Waals surface area contributed by atoms with Crippen molar-refractivity contribution in [3.8, 4) is 11.3 Å². The number of aryl methyl sites for hydroxylation is 1. The van der Waals surface area contributed by atoms with E-state index in [0.717, 1.165) is 70.5 Å². The van der Waals surface area contributed by atoms with Gasteiger partial charge in [-0.1, -0.05) is 18.2 Å². The highest BCUT2D eigenvalue weighted by molar-refractivity contribution is 7.99. The number of amides is 1. The van der Waals surface area contributed by atoms with Crippen LogP contribution in [0.2, 0.25) is 0 Å². The average molecular weight is 538 g/mol. The zero-order valence-corrected chi connectivity index (χ0v) is 23.6. The number of aliphatic imine (C=N–C) groups is 1. The number of aromatic nitrogens is 1. The molecule has 1 aliphatic heterocycles. The van der Waals surface area contributed by atoms with Crippen molar-refractivity contribution in [3.63, 3.8) is 0 Å². The Morgan fingerprint density at radius 1 is 1.22 bits per heavy atom. The Morgan fingerprint density at radius 2 is 1.89 bits per heavy atom. The number of hydrogen-bond acceptors (Lipinski definition) is 8. The highest BCUT2D eigenvalue weighted by Crippen LogP contribution is 2.38. The third-order valence-corrected chi connectivity index (χ3v) is 7.94. The molecule has 1 N–H and O–H groups in total. The van der Waals surface area contributed by atoms with Crippen molar-refractivity contribution in [3.05, 3.63) is 59.1 Å². The van der Waals surface area contributed by atoms with Crippen LogP contribution in [-0.4, -0.2) is 73.8 Å². The van der Waals surface area contributed by atoms with E-state index < -0.39 is 0 Å². The van der Waals surface area contributed by atoms with Crippen LogP contribution < -0.4 is 5.32 Å². The minimum Gasteiger partial charge on any atom is -0.321 e. The average Bonchev–Trinajstić information content (AvgIpc) is 3.32. The summed E-state index contributed by atoms with van der Waals surface area (Å²) in [5.41, 5.74) is 3.74. The van der Waals surface area contributed by atoms with Crippen molar-refractivity contribution >= 4 is 52.7 Å². The van der Waals surface area contributed by atoms with Crippen molar-refractivity contribution in [1.82, 2.24) is 14.8 Å². The molecule has 2 aromatic heterocycles. The molecular weight excluding hydrogens is 502 g/mol. The largest absolute Gasteiger partial charge is 0.321 e. The first-order valence-corrected chi connectivity index (χ1v) is 14.0. The van der Waals surface area contributed by atoms with Gasteiger partial charge in [0.25, 0.3) is 5.91 Å². The monoisotopic (exact) mass is 537 g/mol. The first kappa shape index (κ1) is 28.7. The maximum atomic E-state index is 12.8. The number of thiophene rings is 1. The van der Waals surface area contributed by atoms with Crippen LogP contribution in [0.1, 0.15) is 28.1 Å². The van der Waals surface area contributed by atoms with E-state index in [0.29, 0.717) is 4.88 Å². The van der Waals surface area contributed by atoms with Crippen LogP contribution in [0.4, 0.5) is 10.7 Å². The van der Waals surface area contributed by atoms with Crippen LogP contribution in [-0.2, 0) is 4.79 Å². The second-order valence-electron chi connectivity index (χ2n) is 9.40. The molecule has 1 aromatic carbocycles. The van der Waals surface area contributed by atoms with Crippen molar-refractivity contribution in [1.29, 1.82) is 0 Å². The van der Waals surface area contributed by atoms with E-state index in [9.17, 15) is 9.59 Å². The molecular formula is C28H35N5O2S2. The Hall–Kier alpha value is -2.85. The maximum absolute atomic E-state index is 12.8. The van der Waals surface area contributed by atoms with Gasteiger partial charge >= 0.3 is 0 Å². The molecule has 3 aromatic rings. The Morgan fingerprint density at radius 3 is 2.46 bits per heavy atom. The Kier molecular flexibility index (Phi) is 11.0. The summed E-state index contributed by atoms with van der Waals surface area (Å²) in [4.78, 5) is 38.2. The molecule has 4 rings (SSSR count). The van der Waals surface area contributed by atoms with Crippen molar-refractivity contribution in [2.45, 2.75) is 24.7 Å². The number of pyridine rings is 1. The predicted molar refractivity (Wildman–Crippen MR) is 157 cm³/mol. The topological polar surface area (TPSA) is 77.9 Å². The lowest BCUT2D eigenvalue weighted by Crippen LogP contribution is -2.33. The molecule has 37 heavy (non-hydrogen) atoms. The second kappa shape index (κ2) is 14.2. The molecule has 0 atom stereocenters. The van der Waals surface area contributed by atoms with Gasteiger partial charge in [0.2, 0.25) is 0 Å². The zero-order valence-electron chi connectivity index (χ0n) is 21.9. The van der Waals surface area contributed by atoms with Gasteiger partial charge in [-0.25, -0.2) is 0 Å². The van der Waals surface area contributed by atoms with E-state index in [1.165, 1.54) is 11.3 Å². The number of hydrogen-bond donors (Lipinski definition) is 1. The number of carbonyl (C=O) groups is 2. The van der Waals surface area contributed by atoms with Crippen molar-refractivity contribution in [2.24, 2.45) is 10.9 Å². The molecule has 196 valence electrons.